The molecule has 1 aromatic heterocycles. The molecule has 1 aliphatic rings. The molecular formula is C23H19ClN2O2. The van der Waals surface area contributed by atoms with Crippen LogP contribution in [0.1, 0.15) is 0 Å². The fourth-order valence-corrected chi connectivity index (χ4v) is 4.20. The molecule has 0 bridgehead atoms. The predicted octanol–water partition coefficient (Wildman–Crippen LogP) is 4.93. The average Bonchev–Trinajstić information content (AvgIpc) is 2.73. The molecule has 0 N–H and O–H groups in total. The highest BCUT2D eigenvalue weighted by Gasteiger charge is 2.21. The molecule has 0 unspecified atom stereocenters. The number of nitrogens with zero attached hydrogens (tertiary/aromatic N) is 2. The van der Waals surface area contributed by atoms with E-state index < -0.39 is 0 Å². The first-order valence-corrected chi connectivity index (χ1v) is 9.78. The third kappa shape index (κ3) is 3.00. The summed E-state index contributed by atoms with van der Waals surface area (Å²) in [7, 11) is 0. The molecule has 28 heavy (non-hydrogen) atoms. The highest BCUT2D eigenvalue weighted by molar-refractivity contribution is 6.30. The van der Waals surface area contributed by atoms with Crippen LogP contribution in [0.3, 0.4) is 0 Å². The van der Waals surface area contributed by atoms with E-state index in [0.29, 0.717) is 5.58 Å². The Morgan fingerprint density at radius 1 is 0.786 bits per heavy atom. The Kier molecular flexibility index (Phi) is 4.21. The highest BCUT2D eigenvalue weighted by Crippen LogP contribution is 2.32. The highest BCUT2D eigenvalue weighted by atomic mass is 35.5. The average molecular weight is 391 g/mol. The van der Waals surface area contributed by atoms with E-state index in [0.717, 1.165) is 58.7 Å². The van der Waals surface area contributed by atoms with Crippen LogP contribution >= 0.6 is 11.6 Å². The maximum Gasteiger partial charge on any atom is 0.338 e. The van der Waals surface area contributed by atoms with Crippen LogP contribution < -0.4 is 15.4 Å². The smallest absolute Gasteiger partial charge is 0.338 e. The van der Waals surface area contributed by atoms with Gasteiger partial charge in [0.25, 0.3) is 0 Å². The maximum absolute atomic E-state index is 12.3. The van der Waals surface area contributed by atoms with E-state index >= 15 is 0 Å². The van der Waals surface area contributed by atoms with Crippen LogP contribution in [-0.2, 0) is 0 Å². The number of fused-ring (bicyclic) bond motifs is 3. The second kappa shape index (κ2) is 6.88. The molecule has 1 saturated heterocycles. The number of hydrogen-bond donors (Lipinski definition) is 0. The van der Waals surface area contributed by atoms with E-state index in [2.05, 4.69) is 28.0 Å². The standard InChI is InChI=1S/C23H19ClN2O2/c24-17-5-3-6-18(14-17)25-10-12-26(13-11-25)21-15-22(27)28-23-19-7-2-1-4-16(19)8-9-20(21)23/h1-9,14-15H,10-13H2. The lowest BCUT2D eigenvalue weighted by molar-refractivity contribution is 0.562. The first-order valence-electron chi connectivity index (χ1n) is 9.40. The molecule has 2 heterocycles. The van der Waals surface area contributed by atoms with Crippen LogP contribution in [-0.4, -0.2) is 26.2 Å². The summed E-state index contributed by atoms with van der Waals surface area (Å²) in [6, 6.07) is 21.7. The zero-order valence-corrected chi connectivity index (χ0v) is 16.0. The van der Waals surface area contributed by atoms with E-state index in [4.69, 9.17) is 16.0 Å². The first-order chi connectivity index (χ1) is 13.7. The van der Waals surface area contributed by atoms with E-state index in [9.17, 15) is 4.79 Å². The third-order valence-corrected chi connectivity index (χ3v) is 5.64. The van der Waals surface area contributed by atoms with Crippen LogP contribution in [0.25, 0.3) is 21.7 Å². The van der Waals surface area contributed by atoms with E-state index in [1.807, 2.05) is 42.5 Å². The Balaban J connectivity index is 1.50. The summed E-state index contributed by atoms with van der Waals surface area (Å²) in [5, 5.41) is 3.77. The Morgan fingerprint density at radius 3 is 2.39 bits per heavy atom. The molecule has 4 nitrogen and oxygen atoms in total. The number of halogens is 1. The number of rotatable bonds is 2. The normalized spacial score (nSPS) is 14.8. The predicted molar refractivity (Wildman–Crippen MR) is 116 cm³/mol. The van der Waals surface area contributed by atoms with E-state index in [1.54, 1.807) is 6.07 Å². The summed E-state index contributed by atoms with van der Waals surface area (Å²) < 4.78 is 5.60. The van der Waals surface area contributed by atoms with Crippen molar-refractivity contribution in [2.24, 2.45) is 0 Å². The molecule has 1 fully saturated rings. The van der Waals surface area contributed by atoms with E-state index in [1.165, 1.54) is 0 Å². The van der Waals surface area contributed by atoms with Gasteiger partial charge in [0.2, 0.25) is 0 Å². The number of benzene rings is 3. The minimum Gasteiger partial charge on any atom is -0.422 e. The monoisotopic (exact) mass is 390 g/mol. The topological polar surface area (TPSA) is 36.7 Å². The summed E-state index contributed by atoms with van der Waals surface area (Å²) >= 11 is 6.14. The van der Waals surface area contributed by atoms with Gasteiger partial charge in [0.1, 0.15) is 5.58 Å². The summed E-state index contributed by atoms with van der Waals surface area (Å²) in [4.78, 5) is 16.9. The Morgan fingerprint density at radius 2 is 1.57 bits per heavy atom. The van der Waals surface area contributed by atoms with Crippen LogP contribution in [0.5, 0.6) is 0 Å². The molecule has 0 spiro atoms. The molecular weight excluding hydrogens is 372 g/mol. The van der Waals surface area contributed by atoms with Gasteiger partial charge in [-0.25, -0.2) is 4.79 Å². The molecule has 5 heteroatoms. The van der Waals surface area contributed by atoms with Gasteiger partial charge in [-0.05, 0) is 29.7 Å². The van der Waals surface area contributed by atoms with Crippen LogP contribution in [0.2, 0.25) is 5.02 Å². The molecule has 4 aromatic rings. The van der Waals surface area contributed by atoms with Gasteiger partial charge >= 0.3 is 5.63 Å². The van der Waals surface area contributed by atoms with Gasteiger partial charge in [-0.1, -0.05) is 48.0 Å². The molecule has 140 valence electrons. The van der Waals surface area contributed by atoms with Crippen molar-refractivity contribution in [2.45, 2.75) is 0 Å². The largest absolute Gasteiger partial charge is 0.422 e. The summed E-state index contributed by atoms with van der Waals surface area (Å²) in [6.45, 7) is 3.40. The van der Waals surface area contributed by atoms with Gasteiger partial charge in [-0.3, -0.25) is 0 Å². The molecule has 1 aliphatic heterocycles. The van der Waals surface area contributed by atoms with Gasteiger partial charge in [0, 0.05) is 53.7 Å². The fraction of sp³-hybridized carbons (Fsp3) is 0.174. The minimum atomic E-state index is -0.309. The number of hydrogen-bond acceptors (Lipinski definition) is 4. The molecule has 0 saturated carbocycles. The van der Waals surface area contributed by atoms with Crippen molar-refractivity contribution in [3.63, 3.8) is 0 Å². The first kappa shape index (κ1) is 17.1. The van der Waals surface area contributed by atoms with Gasteiger partial charge in [-0.2, -0.15) is 0 Å². The molecule has 5 rings (SSSR count). The zero-order valence-electron chi connectivity index (χ0n) is 15.3. The Bertz CT molecular complexity index is 1230. The molecule has 0 atom stereocenters. The molecule has 3 aromatic carbocycles. The molecule has 0 radical (unpaired) electrons. The van der Waals surface area contributed by atoms with Crippen molar-refractivity contribution in [1.82, 2.24) is 0 Å². The lowest BCUT2D eigenvalue weighted by Gasteiger charge is -2.37. The number of piperazine rings is 1. The maximum atomic E-state index is 12.3. The zero-order chi connectivity index (χ0) is 19.1. The lowest BCUT2D eigenvalue weighted by Crippen LogP contribution is -2.46. The Labute approximate surface area is 167 Å². The Hall–Kier alpha value is -2.98. The van der Waals surface area contributed by atoms with Crippen LogP contribution in [0, 0.1) is 0 Å². The molecule has 0 amide bonds. The van der Waals surface area contributed by atoms with Crippen molar-refractivity contribution >= 4 is 44.7 Å². The van der Waals surface area contributed by atoms with Crippen molar-refractivity contribution in [3.8, 4) is 0 Å². The second-order valence-corrected chi connectivity index (χ2v) is 7.50. The third-order valence-electron chi connectivity index (χ3n) is 5.41. The van der Waals surface area contributed by atoms with Crippen molar-refractivity contribution in [2.75, 3.05) is 36.0 Å². The van der Waals surface area contributed by atoms with Gasteiger partial charge in [0.05, 0.1) is 5.69 Å². The van der Waals surface area contributed by atoms with Gasteiger partial charge in [-0.15, -0.1) is 0 Å². The SMILES string of the molecule is O=c1cc(N2CCN(c3cccc(Cl)c3)CC2)c2ccc3ccccc3c2o1. The van der Waals surface area contributed by atoms with Crippen LogP contribution in [0.15, 0.2) is 75.9 Å². The van der Waals surface area contributed by atoms with Crippen molar-refractivity contribution in [1.29, 1.82) is 0 Å². The van der Waals surface area contributed by atoms with Gasteiger partial charge in [0.15, 0.2) is 0 Å². The summed E-state index contributed by atoms with van der Waals surface area (Å²) in [5.74, 6) is 0. The second-order valence-electron chi connectivity index (χ2n) is 7.07. The van der Waals surface area contributed by atoms with Gasteiger partial charge < -0.3 is 14.2 Å². The number of anilines is 2. The fourth-order valence-electron chi connectivity index (χ4n) is 4.01. The van der Waals surface area contributed by atoms with Crippen molar-refractivity contribution < 1.29 is 4.42 Å². The van der Waals surface area contributed by atoms with E-state index in [-0.39, 0.29) is 5.63 Å². The molecule has 0 aliphatic carbocycles. The summed E-state index contributed by atoms with van der Waals surface area (Å²) in [5.41, 5.74) is 2.44. The minimum absolute atomic E-state index is 0.309. The lowest BCUT2D eigenvalue weighted by atomic mass is 10.1. The summed E-state index contributed by atoms with van der Waals surface area (Å²) in [6.07, 6.45) is 0. The quantitative estimate of drug-likeness (QED) is 0.359. The van der Waals surface area contributed by atoms with Crippen molar-refractivity contribution in [3.05, 3.63) is 82.2 Å². The van der Waals surface area contributed by atoms with Crippen LogP contribution in [0.4, 0.5) is 11.4 Å².